The molecule has 30 heavy (non-hydrogen) atoms. The Morgan fingerprint density at radius 2 is 1.80 bits per heavy atom. The number of benzene rings is 1. The zero-order chi connectivity index (χ0) is 21.4. The highest BCUT2D eigenvalue weighted by atomic mass is 79.9. The summed E-state index contributed by atoms with van der Waals surface area (Å²) < 4.78 is 8.34. The molecule has 2 heterocycles. The van der Waals surface area contributed by atoms with Crippen LogP contribution in [0.25, 0.3) is 5.69 Å². The molecular weight excluding hydrogens is 448 g/mol. The summed E-state index contributed by atoms with van der Waals surface area (Å²) in [7, 11) is 0. The number of nitrogens with zero attached hydrogens (tertiary/aromatic N) is 2. The molecule has 0 radical (unpaired) electrons. The summed E-state index contributed by atoms with van der Waals surface area (Å²) in [4.78, 5) is 39.4. The fourth-order valence-electron chi connectivity index (χ4n) is 4.18. The van der Waals surface area contributed by atoms with Crippen LogP contribution in [0.2, 0.25) is 0 Å². The van der Waals surface area contributed by atoms with Gasteiger partial charge in [0.05, 0.1) is 0 Å². The topological polar surface area (TPSA) is 68.6 Å². The molecule has 0 bridgehead atoms. The number of carbonyl (C=O) groups is 3. The van der Waals surface area contributed by atoms with Crippen molar-refractivity contribution >= 4 is 33.6 Å². The van der Waals surface area contributed by atoms with E-state index >= 15 is 0 Å². The van der Waals surface area contributed by atoms with Gasteiger partial charge in [0.1, 0.15) is 6.04 Å². The number of ether oxygens (including phenoxy) is 1. The lowest BCUT2D eigenvalue weighted by Crippen LogP contribution is -2.42. The van der Waals surface area contributed by atoms with Gasteiger partial charge in [0.2, 0.25) is 11.7 Å². The minimum absolute atomic E-state index is 0.0545. The number of esters is 1. The summed E-state index contributed by atoms with van der Waals surface area (Å²) in [5.41, 5.74) is 3.24. The number of ketones is 1. The van der Waals surface area contributed by atoms with Crippen LogP contribution in [0.15, 0.2) is 34.8 Å². The fraction of sp³-hybridized carbons (Fsp3) is 0.435. The Morgan fingerprint density at radius 3 is 2.47 bits per heavy atom. The lowest BCUT2D eigenvalue weighted by molar-refractivity contribution is -0.152. The summed E-state index contributed by atoms with van der Waals surface area (Å²) in [5, 5.41) is 0. The quantitative estimate of drug-likeness (QED) is 0.470. The average molecular weight is 473 g/mol. The molecular formula is C23H25BrN2O4. The Kier molecular flexibility index (Phi) is 5.82. The van der Waals surface area contributed by atoms with Gasteiger partial charge < -0.3 is 14.2 Å². The van der Waals surface area contributed by atoms with Crippen molar-refractivity contribution in [1.82, 2.24) is 9.47 Å². The van der Waals surface area contributed by atoms with Crippen molar-refractivity contribution in [2.45, 2.75) is 45.6 Å². The first-order chi connectivity index (χ1) is 14.4. The molecule has 1 amide bonds. The van der Waals surface area contributed by atoms with E-state index in [2.05, 4.69) is 15.9 Å². The van der Waals surface area contributed by atoms with Crippen LogP contribution >= 0.6 is 15.9 Å². The lowest BCUT2D eigenvalue weighted by Gasteiger charge is -2.23. The maximum Gasteiger partial charge on any atom is 0.329 e. The van der Waals surface area contributed by atoms with Crippen molar-refractivity contribution in [3.05, 3.63) is 51.8 Å². The standard InChI is InChI=1S/C23H25BrN2O4/c1-14-12-19(15(2)26(14)18-9-7-17(24)8-10-18)21(27)13-30-23(29)20-4-3-11-25(20)22(28)16-5-6-16/h7-10,12,16,20H,3-6,11,13H2,1-2H3/t20-/m0/s1. The fourth-order valence-corrected chi connectivity index (χ4v) is 4.45. The summed E-state index contributed by atoms with van der Waals surface area (Å²) in [5.74, 6) is -0.586. The Balaban J connectivity index is 1.43. The minimum atomic E-state index is -0.555. The van der Waals surface area contributed by atoms with Crippen molar-refractivity contribution in [3.63, 3.8) is 0 Å². The number of aryl methyl sites for hydroxylation is 1. The first-order valence-electron chi connectivity index (χ1n) is 10.3. The Labute approximate surface area is 184 Å². The van der Waals surface area contributed by atoms with Gasteiger partial charge in [0, 0.05) is 39.6 Å². The van der Waals surface area contributed by atoms with Gasteiger partial charge in [-0.2, -0.15) is 0 Å². The molecule has 1 saturated heterocycles. The molecule has 2 aromatic rings. The number of amides is 1. The Morgan fingerprint density at radius 1 is 1.10 bits per heavy atom. The third-order valence-corrected chi connectivity index (χ3v) is 6.43. The molecule has 1 aromatic carbocycles. The van der Waals surface area contributed by atoms with E-state index in [1.54, 1.807) is 4.90 Å². The summed E-state index contributed by atoms with van der Waals surface area (Å²) in [6, 6.07) is 9.13. The van der Waals surface area contributed by atoms with Crippen molar-refractivity contribution in [2.75, 3.05) is 13.2 Å². The third kappa shape index (κ3) is 4.08. The first-order valence-corrected chi connectivity index (χ1v) is 11.1. The van der Waals surface area contributed by atoms with E-state index in [0.717, 1.165) is 40.8 Å². The third-order valence-electron chi connectivity index (χ3n) is 5.90. The van der Waals surface area contributed by atoms with Gasteiger partial charge in [-0.15, -0.1) is 0 Å². The number of hydrogen-bond acceptors (Lipinski definition) is 4. The molecule has 1 atom stereocenters. The molecule has 1 aliphatic heterocycles. The van der Waals surface area contributed by atoms with Gasteiger partial charge in [-0.1, -0.05) is 15.9 Å². The smallest absolute Gasteiger partial charge is 0.329 e. The van der Waals surface area contributed by atoms with E-state index in [1.807, 2.05) is 48.7 Å². The summed E-state index contributed by atoms with van der Waals surface area (Å²) >= 11 is 3.43. The zero-order valence-electron chi connectivity index (χ0n) is 17.2. The molecule has 6 nitrogen and oxygen atoms in total. The molecule has 7 heteroatoms. The second-order valence-electron chi connectivity index (χ2n) is 8.09. The van der Waals surface area contributed by atoms with Crippen molar-refractivity contribution in [2.24, 2.45) is 5.92 Å². The number of carbonyl (C=O) groups excluding carboxylic acids is 3. The Bertz CT molecular complexity index is 991. The number of rotatable bonds is 6. The number of Topliss-reactive ketones (excluding diaryl/α,β-unsaturated/α-hetero) is 1. The van der Waals surface area contributed by atoms with Crippen LogP contribution < -0.4 is 0 Å². The van der Waals surface area contributed by atoms with Gasteiger partial charge in [0.25, 0.3) is 0 Å². The molecule has 0 N–H and O–H groups in total. The molecule has 4 rings (SSSR count). The van der Waals surface area contributed by atoms with Crippen LogP contribution in [0.5, 0.6) is 0 Å². The predicted octanol–water partition coefficient (Wildman–Crippen LogP) is 3.98. The number of hydrogen-bond donors (Lipinski definition) is 0. The summed E-state index contributed by atoms with van der Waals surface area (Å²) in [6.07, 6.45) is 3.21. The second kappa shape index (κ2) is 8.38. The van der Waals surface area contributed by atoms with E-state index in [4.69, 9.17) is 4.74 Å². The summed E-state index contributed by atoms with van der Waals surface area (Å²) in [6.45, 7) is 4.11. The average Bonchev–Trinajstić information content (AvgIpc) is 3.38. The van der Waals surface area contributed by atoms with Gasteiger partial charge in [-0.3, -0.25) is 9.59 Å². The highest BCUT2D eigenvalue weighted by Crippen LogP contribution is 2.34. The molecule has 1 aromatic heterocycles. The van der Waals surface area contributed by atoms with Crippen LogP contribution in [-0.2, 0) is 14.3 Å². The van der Waals surface area contributed by atoms with E-state index in [-0.39, 0.29) is 24.2 Å². The maximum atomic E-state index is 12.8. The molecule has 2 aliphatic rings. The monoisotopic (exact) mass is 472 g/mol. The SMILES string of the molecule is Cc1cc(C(=O)COC(=O)[C@@H]2CCCN2C(=O)C2CC2)c(C)n1-c1ccc(Br)cc1. The second-order valence-corrected chi connectivity index (χ2v) is 9.01. The van der Waals surface area contributed by atoms with Crippen LogP contribution in [0.4, 0.5) is 0 Å². The van der Waals surface area contributed by atoms with E-state index in [1.165, 1.54) is 0 Å². The van der Waals surface area contributed by atoms with E-state index in [9.17, 15) is 14.4 Å². The maximum absolute atomic E-state index is 12.8. The van der Waals surface area contributed by atoms with Crippen LogP contribution in [0.3, 0.4) is 0 Å². The normalized spacial score (nSPS) is 18.5. The number of aromatic nitrogens is 1. The van der Waals surface area contributed by atoms with E-state index < -0.39 is 12.0 Å². The van der Waals surface area contributed by atoms with Gasteiger partial charge in [-0.25, -0.2) is 4.79 Å². The van der Waals surface area contributed by atoms with E-state index in [0.29, 0.717) is 18.5 Å². The molecule has 158 valence electrons. The largest absolute Gasteiger partial charge is 0.456 e. The molecule has 0 spiro atoms. The molecule has 2 fully saturated rings. The van der Waals surface area contributed by atoms with Gasteiger partial charge in [0.15, 0.2) is 6.61 Å². The molecule has 1 saturated carbocycles. The van der Waals surface area contributed by atoms with Crippen molar-refractivity contribution < 1.29 is 19.1 Å². The van der Waals surface area contributed by atoms with Crippen LogP contribution in [-0.4, -0.2) is 46.3 Å². The van der Waals surface area contributed by atoms with Crippen molar-refractivity contribution in [1.29, 1.82) is 0 Å². The van der Waals surface area contributed by atoms with Crippen molar-refractivity contribution in [3.8, 4) is 5.69 Å². The molecule has 0 unspecified atom stereocenters. The zero-order valence-corrected chi connectivity index (χ0v) is 18.8. The Hall–Kier alpha value is -2.41. The highest BCUT2D eigenvalue weighted by molar-refractivity contribution is 9.10. The minimum Gasteiger partial charge on any atom is -0.456 e. The predicted molar refractivity (Wildman–Crippen MR) is 116 cm³/mol. The first kappa shape index (κ1) is 20.8. The number of likely N-dealkylation sites (tertiary alicyclic amines) is 1. The van der Waals surface area contributed by atoms with Gasteiger partial charge >= 0.3 is 5.97 Å². The van der Waals surface area contributed by atoms with Gasteiger partial charge in [-0.05, 0) is 69.9 Å². The van der Waals surface area contributed by atoms with Crippen LogP contribution in [0, 0.1) is 19.8 Å². The lowest BCUT2D eigenvalue weighted by atomic mass is 10.1. The highest BCUT2D eigenvalue weighted by Gasteiger charge is 2.41. The van der Waals surface area contributed by atoms with Crippen LogP contribution in [0.1, 0.15) is 47.4 Å². The molecule has 1 aliphatic carbocycles. The number of halogens is 1.